The second-order valence-electron chi connectivity index (χ2n) is 9.19. The number of carbonyl (C=O) groups is 1. The summed E-state index contributed by atoms with van der Waals surface area (Å²) in [5.41, 5.74) is 5.00. The summed E-state index contributed by atoms with van der Waals surface area (Å²) in [6, 6.07) is 21.0. The van der Waals surface area contributed by atoms with Gasteiger partial charge >= 0.3 is 5.97 Å². The minimum absolute atomic E-state index is 0.160. The van der Waals surface area contributed by atoms with Gasteiger partial charge in [-0.2, -0.15) is 10.1 Å². The SMILES string of the molecule is CCOc1cc(C2C(C(=O)OCc3ccccc3)=C(C)Nc3ncnn32)cc(Br)c1OCc1ccc(C)cc1. The zero-order valence-electron chi connectivity index (χ0n) is 22.0. The highest BCUT2D eigenvalue weighted by molar-refractivity contribution is 9.10. The smallest absolute Gasteiger partial charge is 0.338 e. The number of carbonyl (C=O) groups excluding carboxylic acids is 1. The molecule has 3 aromatic carbocycles. The molecule has 0 aliphatic carbocycles. The van der Waals surface area contributed by atoms with E-state index < -0.39 is 12.0 Å². The molecule has 1 atom stereocenters. The Morgan fingerprint density at radius 2 is 1.74 bits per heavy atom. The number of aryl methyl sites for hydroxylation is 1. The van der Waals surface area contributed by atoms with Crippen molar-refractivity contribution in [2.24, 2.45) is 0 Å². The molecule has 0 spiro atoms. The van der Waals surface area contributed by atoms with Crippen molar-refractivity contribution >= 4 is 27.8 Å². The number of hydrogen-bond acceptors (Lipinski definition) is 7. The van der Waals surface area contributed by atoms with Crippen molar-refractivity contribution in [2.75, 3.05) is 11.9 Å². The Labute approximate surface area is 235 Å². The lowest BCUT2D eigenvalue weighted by atomic mass is 9.95. The van der Waals surface area contributed by atoms with Crippen LogP contribution in [0.15, 0.2) is 88.8 Å². The van der Waals surface area contributed by atoms with Gasteiger partial charge in [0.2, 0.25) is 5.95 Å². The summed E-state index contributed by atoms with van der Waals surface area (Å²) in [5, 5.41) is 7.60. The maximum Gasteiger partial charge on any atom is 0.338 e. The third-order valence-electron chi connectivity index (χ3n) is 6.38. The van der Waals surface area contributed by atoms with Crippen molar-refractivity contribution in [3.63, 3.8) is 0 Å². The van der Waals surface area contributed by atoms with Gasteiger partial charge in [0.1, 0.15) is 25.6 Å². The Morgan fingerprint density at radius 1 is 1.00 bits per heavy atom. The minimum atomic E-state index is -0.589. The fraction of sp³-hybridized carbons (Fsp3) is 0.233. The molecule has 0 bridgehead atoms. The molecule has 200 valence electrons. The molecular formula is C30H29BrN4O4. The minimum Gasteiger partial charge on any atom is -0.490 e. The summed E-state index contributed by atoms with van der Waals surface area (Å²) >= 11 is 3.69. The van der Waals surface area contributed by atoms with Crippen molar-refractivity contribution in [1.29, 1.82) is 0 Å². The Morgan fingerprint density at radius 3 is 2.49 bits per heavy atom. The quantitative estimate of drug-likeness (QED) is 0.228. The number of hydrogen-bond donors (Lipinski definition) is 1. The van der Waals surface area contributed by atoms with Gasteiger partial charge in [0.25, 0.3) is 0 Å². The lowest BCUT2D eigenvalue weighted by Crippen LogP contribution is -2.29. The van der Waals surface area contributed by atoms with E-state index in [4.69, 9.17) is 14.2 Å². The number of fused-ring (bicyclic) bond motifs is 1. The Hall–Kier alpha value is -4.11. The van der Waals surface area contributed by atoms with Crippen LogP contribution in [0.25, 0.3) is 0 Å². The average molecular weight is 589 g/mol. The Bertz CT molecular complexity index is 1500. The first kappa shape index (κ1) is 26.5. The summed E-state index contributed by atoms with van der Waals surface area (Å²) in [6.45, 7) is 6.79. The van der Waals surface area contributed by atoms with Crippen molar-refractivity contribution in [3.05, 3.63) is 111 Å². The number of benzene rings is 3. The summed E-state index contributed by atoms with van der Waals surface area (Å²) < 4.78 is 20.3. The van der Waals surface area contributed by atoms with Gasteiger partial charge in [-0.25, -0.2) is 9.48 Å². The van der Waals surface area contributed by atoms with Gasteiger partial charge in [-0.3, -0.25) is 0 Å². The zero-order valence-corrected chi connectivity index (χ0v) is 23.6. The van der Waals surface area contributed by atoms with Gasteiger partial charge in [0.05, 0.1) is 16.7 Å². The summed E-state index contributed by atoms with van der Waals surface area (Å²) in [4.78, 5) is 17.8. The standard InChI is InChI=1S/C30H29BrN4O4/c1-4-37-25-15-23(14-24(31)28(25)38-16-22-12-10-19(2)11-13-22)27-26(20(3)34-30-32-18-33-35(27)30)29(36)39-17-21-8-6-5-7-9-21/h5-15,18,27H,4,16-17H2,1-3H3,(H,32,33,34). The number of allylic oxidation sites excluding steroid dienone is 1. The van der Waals surface area contributed by atoms with E-state index in [-0.39, 0.29) is 6.61 Å². The summed E-state index contributed by atoms with van der Waals surface area (Å²) in [6.07, 6.45) is 1.46. The highest BCUT2D eigenvalue weighted by Crippen LogP contribution is 2.43. The van der Waals surface area contributed by atoms with Crippen LogP contribution < -0.4 is 14.8 Å². The molecule has 0 saturated carbocycles. The van der Waals surface area contributed by atoms with E-state index in [0.29, 0.717) is 46.4 Å². The van der Waals surface area contributed by atoms with E-state index in [9.17, 15) is 4.79 Å². The van der Waals surface area contributed by atoms with Crippen LogP contribution in [-0.4, -0.2) is 27.3 Å². The molecule has 1 unspecified atom stereocenters. The molecule has 1 aliphatic rings. The van der Waals surface area contributed by atoms with Crippen molar-refractivity contribution < 1.29 is 19.0 Å². The van der Waals surface area contributed by atoms with Crippen LogP contribution in [0.5, 0.6) is 11.5 Å². The first-order valence-corrected chi connectivity index (χ1v) is 13.5. The summed E-state index contributed by atoms with van der Waals surface area (Å²) in [7, 11) is 0. The molecule has 0 radical (unpaired) electrons. The van der Waals surface area contributed by atoms with Crippen molar-refractivity contribution in [1.82, 2.24) is 14.8 Å². The molecule has 0 saturated heterocycles. The first-order valence-electron chi connectivity index (χ1n) is 12.7. The molecular weight excluding hydrogens is 560 g/mol. The van der Waals surface area contributed by atoms with Gasteiger partial charge in [-0.1, -0.05) is 60.2 Å². The second kappa shape index (κ2) is 11.7. The molecule has 4 aromatic rings. The number of esters is 1. The van der Waals surface area contributed by atoms with E-state index in [1.165, 1.54) is 11.9 Å². The lowest BCUT2D eigenvalue weighted by Gasteiger charge is -2.29. The number of nitrogens with zero attached hydrogens (tertiary/aromatic N) is 3. The third kappa shape index (κ3) is 5.83. The Kier molecular flexibility index (Phi) is 7.97. The highest BCUT2D eigenvalue weighted by Gasteiger charge is 2.35. The lowest BCUT2D eigenvalue weighted by molar-refractivity contribution is -0.140. The number of halogens is 1. The molecule has 39 heavy (non-hydrogen) atoms. The first-order chi connectivity index (χ1) is 18.9. The van der Waals surface area contributed by atoms with Gasteiger partial charge in [0.15, 0.2) is 11.5 Å². The molecule has 1 N–H and O–H groups in total. The summed E-state index contributed by atoms with van der Waals surface area (Å²) in [5.74, 6) is 1.24. The fourth-order valence-corrected chi connectivity index (χ4v) is 5.03. The van der Waals surface area contributed by atoms with Gasteiger partial charge in [-0.15, -0.1) is 0 Å². The third-order valence-corrected chi connectivity index (χ3v) is 6.97. The van der Waals surface area contributed by atoms with Crippen LogP contribution in [0.1, 0.15) is 42.1 Å². The molecule has 8 nitrogen and oxygen atoms in total. The van der Waals surface area contributed by atoms with E-state index in [1.54, 1.807) is 4.68 Å². The number of anilines is 1. The number of aromatic nitrogens is 3. The van der Waals surface area contributed by atoms with Crippen molar-refractivity contribution in [3.8, 4) is 11.5 Å². The average Bonchev–Trinajstić information content (AvgIpc) is 3.40. The monoisotopic (exact) mass is 588 g/mol. The van der Waals surface area contributed by atoms with Crippen LogP contribution in [0.2, 0.25) is 0 Å². The van der Waals surface area contributed by atoms with E-state index in [2.05, 4.69) is 50.4 Å². The maximum absolute atomic E-state index is 13.5. The van der Waals surface area contributed by atoms with Crippen LogP contribution in [0, 0.1) is 6.92 Å². The van der Waals surface area contributed by atoms with Crippen LogP contribution in [0.4, 0.5) is 5.95 Å². The molecule has 5 rings (SSSR count). The molecule has 0 fully saturated rings. The number of nitrogens with one attached hydrogen (secondary N) is 1. The van der Waals surface area contributed by atoms with E-state index in [1.807, 2.05) is 68.4 Å². The molecule has 9 heteroatoms. The normalized spacial score (nSPS) is 14.4. The van der Waals surface area contributed by atoms with Gasteiger partial charge in [-0.05, 0) is 65.5 Å². The highest BCUT2D eigenvalue weighted by atomic mass is 79.9. The van der Waals surface area contributed by atoms with Crippen molar-refractivity contribution in [2.45, 2.75) is 40.0 Å². The number of rotatable bonds is 9. The predicted octanol–water partition coefficient (Wildman–Crippen LogP) is 6.36. The van der Waals surface area contributed by atoms with E-state index in [0.717, 1.165) is 16.7 Å². The largest absolute Gasteiger partial charge is 0.490 e. The predicted molar refractivity (Wildman–Crippen MR) is 152 cm³/mol. The Balaban J connectivity index is 1.48. The van der Waals surface area contributed by atoms with Crippen LogP contribution >= 0.6 is 15.9 Å². The second-order valence-corrected chi connectivity index (χ2v) is 10.0. The molecule has 0 amide bonds. The zero-order chi connectivity index (χ0) is 27.4. The van der Waals surface area contributed by atoms with E-state index >= 15 is 0 Å². The molecule has 1 aromatic heterocycles. The van der Waals surface area contributed by atoms with Crippen LogP contribution in [0.3, 0.4) is 0 Å². The van der Waals surface area contributed by atoms with Crippen LogP contribution in [-0.2, 0) is 22.7 Å². The molecule has 2 heterocycles. The van der Waals surface area contributed by atoms with Gasteiger partial charge in [0, 0.05) is 5.70 Å². The van der Waals surface area contributed by atoms with Gasteiger partial charge < -0.3 is 19.5 Å². The molecule has 1 aliphatic heterocycles. The maximum atomic E-state index is 13.5. The fourth-order valence-electron chi connectivity index (χ4n) is 4.45. The number of ether oxygens (including phenoxy) is 3. The topological polar surface area (TPSA) is 87.5 Å².